The van der Waals surface area contributed by atoms with Gasteiger partial charge in [-0.25, -0.2) is 0 Å². The molecule has 1 rings (SSSR count). The van der Waals surface area contributed by atoms with Crippen LogP contribution in [0.3, 0.4) is 0 Å². The number of rotatable bonds is 9. The van der Waals surface area contributed by atoms with Crippen molar-refractivity contribution in [1.29, 1.82) is 0 Å². The van der Waals surface area contributed by atoms with Gasteiger partial charge in [0.2, 0.25) is 0 Å². The summed E-state index contributed by atoms with van der Waals surface area (Å²) in [4.78, 5) is 0. The van der Waals surface area contributed by atoms with E-state index < -0.39 is 10.1 Å². The SMILES string of the molecule is C[N+](C)(CCCCc1cc(Br)sc1Br)CCCS(=O)(=O)O. The van der Waals surface area contributed by atoms with Gasteiger partial charge in [0.05, 0.1) is 40.5 Å². The lowest BCUT2D eigenvalue weighted by molar-refractivity contribution is -0.890. The first kappa shape index (κ1) is 19.6. The molecule has 122 valence electrons. The number of hydrogen-bond acceptors (Lipinski definition) is 3. The third-order valence-corrected chi connectivity index (χ3v) is 6.62. The lowest BCUT2D eigenvalue weighted by Crippen LogP contribution is -2.41. The maximum absolute atomic E-state index is 10.7. The highest BCUT2D eigenvalue weighted by atomic mass is 79.9. The second-order valence-corrected chi connectivity index (χ2v) is 11.2. The Labute approximate surface area is 148 Å². The average molecular weight is 464 g/mol. The van der Waals surface area contributed by atoms with E-state index in [1.807, 2.05) is 0 Å². The molecular formula is C13H22Br2NO3S2+. The van der Waals surface area contributed by atoms with Gasteiger partial charge in [-0.3, -0.25) is 4.55 Å². The summed E-state index contributed by atoms with van der Waals surface area (Å²) in [5.74, 6) is -0.148. The minimum Gasteiger partial charge on any atom is -0.328 e. The van der Waals surface area contributed by atoms with Crippen molar-refractivity contribution in [1.82, 2.24) is 0 Å². The Morgan fingerprint density at radius 3 is 2.33 bits per heavy atom. The van der Waals surface area contributed by atoms with Crippen LogP contribution in [0.1, 0.15) is 24.8 Å². The van der Waals surface area contributed by atoms with Crippen molar-refractivity contribution in [3.05, 3.63) is 19.2 Å². The molecule has 1 aromatic rings. The molecule has 4 nitrogen and oxygen atoms in total. The van der Waals surface area contributed by atoms with Gasteiger partial charge >= 0.3 is 0 Å². The fourth-order valence-electron chi connectivity index (χ4n) is 2.19. The van der Waals surface area contributed by atoms with Crippen LogP contribution in [-0.4, -0.2) is 50.4 Å². The van der Waals surface area contributed by atoms with Crippen LogP contribution in [-0.2, 0) is 16.5 Å². The molecule has 0 spiro atoms. The minimum atomic E-state index is -3.83. The largest absolute Gasteiger partial charge is 0.328 e. The van der Waals surface area contributed by atoms with Gasteiger partial charge in [-0.05, 0) is 62.8 Å². The van der Waals surface area contributed by atoms with Crippen molar-refractivity contribution >= 4 is 53.3 Å². The topological polar surface area (TPSA) is 54.4 Å². The van der Waals surface area contributed by atoms with E-state index in [4.69, 9.17) is 4.55 Å². The highest BCUT2D eigenvalue weighted by molar-refractivity contribution is 9.12. The number of aryl methyl sites for hydroxylation is 1. The number of halogens is 2. The molecule has 0 fully saturated rings. The van der Waals surface area contributed by atoms with Crippen molar-refractivity contribution in [2.24, 2.45) is 0 Å². The van der Waals surface area contributed by atoms with E-state index >= 15 is 0 Å². The van der Waals surface area contributed by atoms with Crippen molar-refractivity contribution in [2.75, 3.05) is 32.9 Å². The van der Waals surface area contributed by atoms with Gasteiger partial charge in [0, 0.05) is 6.42 Å². The smallest absolute Gasteiger partial charge is 0.265 e. The van der Waals surface area contributed by atoms with Crippen molar-refractivity contribution in [2.45, 2.75) is 25.7 Å². The maximum Gasteiger partial charge on any atom is 0.265 e. The summed E-state index contributed by atoms with van der Waals surface area (Å²) >= 11 is 8.74. The zero-order chi connectivity index (χ0) is 16.1. The molecule has 1 N–H and O–H groups in total. The molecule has 0 aliphatic heterocycles. The molecule has 0 bridgehead atoms. The van der Waals surface area contributed by atoms with Crippen LogP contribution >= 0.6 is 43.2 Å². The summed E-state index contributed by atoms with van der Waals surface area (Å²) in [6.07, 6.45) is 3.75. The van der Waals surface area contributed by atoms with Crippen LogP contribution in [0, 0.1) is 0 Å². The first-order valence-electron chi connectivity index (χ1n) is 6.80. The monoisotopic (exact) mass is 462 g/mol. The molecule has 1 aromatic heterocycles. The van der Waals surface area contributed by atoms with Crippen LogP contribution in [0.2, 0.25) is 0 Å². The molecule has 0 aliphatic rings. The molecule has 0 radical (unpaired) electrons. The lowest BCUT2D eigenvalue weighted by atomic mass is 10.1. The van der Waals surface area contributed by atoms with Gasteiger partial charge in [-0.2, -0.15) is 8.42 Å². The van der Waals surface area contributed by atoms with E-state index in [1.165, 1.54) is 9.35 Å². The van der Waals surface area contributed by atoms with Crippen LogP contribution in [0.15, 0.2) is 13.6 Å². The summed E-state index contributed by atoms with van der Waals surface area (Å²) in [6.45, 7) is 1.77. The molecule has 8 heteroatoms. The van der Waals surface area contributed by atoms with E-state index in [2.05, 4.69) is 52.0 Å². The molecule has 0 aromatic carbocycles. The molecule has 0 amide bonds. The first-order valence-corrected chi connectivity index (χ1v) is 10.8. The second-order valence-electron chi connectivity index (χ2n) is 5.83. The molecule has 0 atom stereocenters. The lowest BCUT2D eigenvalue weighted by Gasteiger charge is -2.29. The summed E-state index contributed by atoms with van der Waals surface area (Å²) in [5.41, 5.74) is 1.34. The Hall–Kier alpha value is 0.530. The molecule has 1 heterocycles. The minimum absolute atomic E-state index is 0.148. The van der Waals surface area contributed by atoms with E-state index in [0.717, 1.165) is 40.6 Å². The van der Waals surface area contributed by atoms with Gasteiger partial charge in [0.15, 0.2) is 0 Å². The van der Waals surface area contributed by atoms with Crippen LogP contribution in [0.25, 0.3) is 0 Å². The summed E-state index contributed by atoms with van der Waals surface area (Å²) in [5, 5.41) is 0. The summed E-state index contributed by atoms with van der Waals surface area (Å²) in [6, 6.07) is 2.15. The zero-order valence-corrected chi connectivity index (χ0v) is 17.1. The highest BCUT2D eigenvalue weighted by Crippen LogP contribution is 2.32. The van der Waals surface area contributed by atoms with Gasteiger partial charge in [0.1, 0.15) is 0 Å². The standard InChI is InChI=1S/C13H21Br2NO3S2/c1-16(2,8-5-9-21(17,18)19)7-4-3-6-11-10-12(14)20-13(11)15/h10H,3-9H2,1-2H3/p+1. The second kappa shape index (κ2) is 8.40. The molecular weight excluding hydrogens is 442 g/mol. The Kier molecular flexibility index (Phi) is 7.83. The van der Waals surface area contributed by atoms with E-state index in [0.29, 0.717) is 6.42 Å². The van der Waals surface area contributed by atoms with Gasteiger partial charge in [-0.15, -0.1) is 11.3 Å². The fourth-order valence-corrected chi connectivity index (χ4v) is 5.59. The van der Waals surface area contributed by atoms with Crippen molar-refractivity contribution in [3.8, 4) is 0 Å². The third kappa shape index (κ3) is 8.66. The number of hydrogen-bond donors (Lipinski definition) is 1. The number of unbranched alkanes of at least 4 members (excludes halogenated alkanes) is 1. The number of nitrogens with zero attached hydrogens (tertiary/aromatic N) is 1. The number of quaternary nitrogens is 1. The van der Waals surface area contributed by atoms with Crippen molar-refractivity contribution < 1.29 is 17.5 Å². The van der Waals surface area contributed by atoms with E-state index in [1.54, 1.807) is 11.3 Å². The zero-order valence-electron chi connectivity index (χ0n) is 12.3. The van der Waals surface area contributed by atoms with Crippen LogP contribution in [0.4, 0.5) is 0 Å². The Morgan fingerprint density at radius 1 is 1.19 bits per heavy atom. The van der Waals surface area contributed by atoms with Crippen LogP contribution in [0.5, 0.6) is 0 Å². The number of thiophene rings is 1. The Balaban J connectivity index is 2.25. The normalized spacial score (nSPS) is 12.8. The van der Waals surface area contributed by atoms with Gasteiger partial charge in [-0.1, -0.05) is 0 Å². The average Bonchev–Trinajstić information content (AvgIpc) is 2.61. The van der Waals surface area contributed by atoms with Gasteiger partial charge < -0.3 is 4.48 Å². The first-order chi connectivity index (χ1) is 9.59. The summed E-state index contributed by atoms with van der Waals surface area (Å²) < 4.78 is 33.3. The molecule has 21 heavy (non-hydrogen) atoms. The Bertz CT molecular complexity index is 556. The molecule has 0 saturated carbocycles. The van der Waals surface area contributed by atoms with Gasteiger partial charge in [0.25, 0.3) is 10.1 Å². The van der Waals surface area contributed by atoms with E-state index in [-0.39, 0.29) is 5.75 Å². The molecule has 0 saturated heterocycles. The quantitative estimate of drug-likeness (QED) is 0.342. The Morgan fingerprint density at radius 2 is 1.81 bits per heavy atom. The predicted octanol–water partition coefficient (Wildman–Crippen LogP) is 3.95. The van der Waals surface area contributed by atoms with Crippen LogP contribution < -0.4 is 0 Å². The van der Waals surface area contributed by atoms with Crippen molar-refractivity contribution in [3.63, 3.8) is 0 Å². The van der Waals surface area contributed by atoms with E-state index in [9.17, 15) is 8.42 Å². The summed E-state index contributed by atoms with van der Waals surface area (Å²) in [7, 11) is 0.368. The highest BCUT2D eigenvalue weighted by Gasteiger charge is 2.16. The third-order valence-electron chi connectivity index (χ3n) is 3.35. The predicted molar refractivity (Wildman–Crippen MR) is 95.5 cm³/mol. The fraction of sp³-hybridized carbons (Fsp3) is 0.692. The molecule has 0 unspecified atom stereocenters. The molecule has 0 aliphatic carbocycles. The maximum atomic E-state index is 10.7.